The molecule has 0 saturated heterocycles. The monoisotopic (exact) mass is 858 g/mol. The molecule has 3 heterocycles. The highest BCUT2D eigenvalue weighted by molar-refractivity contribution is 6.30. The van der Waals surface area contributed by atoms with Gasteiger partial charge in [0.1, 0.15) is 11.2 Å². The van der Waals surface area contributed by atoms with E-state index in [1.807, 2.05) is 6.07 Å². The standard InChI is InChI=1S/C62H42N4O/c1-35-27-36(2)30-42(29-35)61-64-60(65-62(66-61)43-31-37(3)28-38(4)32-43)40-23-21-39(22-24-40)59-52-34-55-58(50-18-10-12-20-54(50)67-55)56(57(52)49-17-9-11-19-53(49)63-59)41-25-26-48-46-15-6-5-13-44(46)45-14-7-8-16-47(45)51(48)33-41/h5-34H,1-4H3. The van der Waals surface area contributed by atoms with Gasteiger partial charge in [0.05, 0.1) is 11.2 Å². The van der Waals surface area contributed by atoms with E-state index in [2.05, 4.69) is 204 Å². The number of rotatable bonds is 5. The number of hydrogen-bond acceptors (Lipinski definition) is 5. The first-order chi connectivity index (χ1) is 32.8. The van der Waals surface area contributed by atoms with Crippen molar-refractivity contribution in [2.75, 3.05) is 0 Å². The van der Waals surface area contributed by atoms with E-state index in [-0.39, 0.29) is 0 Å². The first kappa shape index (κ1) is 38.9. The van der Waals surface area contributed by atoms with Crippen molar-refractivity contribution in [1.29, 1.82) is 0 Å². The van der Waals surface area contributed by atoms with Crippen LogP contribution in [0.3, 0.4) is 0 Å². The van der Waals surface area contributed by atoms with Gasteiger partial charge in [-0.1, -0.05) is 156 Å². The number of aryl methyl sites for hydroxylation is 4. The van der Waals surface area contributed by atoms with Crippen LogP contribution < -0.4 is 0 Å². The van der Waals surface area contributed by atoms with Gasteiger partial charge in [0, 0.05) is 54.7 Å². The second-order valence-corrected chi connectivity index (χ2v) is 18.1. The van der Waals surface area contributed by atoms with E-state index in [0.29, 0.717) is 17.5 Å². The Labute approximate surface area is 387 Å². The lowest BCUT2D eigenvalue weighted by atomic mass is 9.87. The maximum absolute atomic E-state index is 6.79. The van der Waals surface area contributed by atoms with Crippen LogP contribution in [0.5, 0.6) is 0 Å². The second-order valence-electron chi connectivity index (χ2n) is 18.1. The molecule has 0 aliphatic heterocycles. The first-order valence-electron chi connectivity index (χ1n) is 22.9. The Morgan fingerprint density at radius 2 is 0.761 bits per heavy atom. The van der Waals surface area contributed by atoms with Gasteiger partial charge in [-0.15, -0.1) is 0 Å². The van der Waals surface area contributed by atoms with Crippen molar-refractivity contribution in [2.24, 2.45) is 0 Å². The van der Waals surface area contributed by atoms with Crippen LogP contribution in [0.1, 0.15) is 22.3 Å². The van der Waals surface area contributed by atoms with Crippen molar-refractivity contribution in [2.45, 2.75) is 27.7 Å². The molecular formula is C62H42N4O. The van der Waals surface area contributed by atoms with Gasteiger partial charge in [0.25, 0.3) is 0 Å². The van der Waals surface area contributed by atoms with Gasteiger partial charge in [-0.2, -0.15) is 0 Å². The number of hydrogen-bond donors (Lipinski definition) is 0. The molecule has 0 aliphatic carbocycles. The minimum absolute atomic E-state index is 0.615. The van der Waals surface area contributed by atoms with Crippen LogP contribution in [-0.2, 0) is 0 Å². The Morgan fingerprint density at radius 1 is 0.299 bits per heavy atom. The molecule has 13 rings (SSSR count). The van der Waals surface area contributed by atoms with Gasteiger partial charge in [-0.05, 0) is 114 Å². The number of aromatic nitrogens is 4. The van der Waals surface area contributed by atoms with Crippen LogP contribution in [0, 0.1) is 27.7 Å². The fourth-order valence-corrected chi connectivity index (χ4v) is 10.6. The summed E-state index contributed by atoms with van der Waals surface area (Å²) in [6, 6.07) is 65.2. The van der Waals surface area contributed by atoms with Crippen molar-refractivity contribution < 1.29 is 4.42 Å². The van der Waals surface area contributed by atoms with Crippen LogP contribution in [0.2, 0.25) is 0 Å². The average molecular weight is 859 g/mol. The smallest absolute Gasteiger partial charge is 0.164 e. The summed E-state index contributed by atoms with van der Waals surface area (Å²) in [7, 11) is 0. The molecule has 67 heavy (non-hydrogen) atoms. The summed E-state index contributed by atoms with van der Waals surface area (Å²) in [6.45, 7) is 8.44. The van der Waals surface area contributed by atoms with Gasteiger partial charge >= 0.3 is 0 Å². The van der Waals surface area contributed by atoms with E-state index >= 15 is 0 Å². The molecule has 0 fully saturated rings. The molecule has 0 N–H and O–H groups in total. The fraction of sp³-hybridized carbons (Fsp3) is 0.0645. The third-order valence-corrected chi connectivity index (χ3v) is 13.4. The summed E-state index contributed by atoms with van der Waals surface area (Å²) in [4.78, 5) is 20.8. The van der Waals surface area contributed by atoms with Crippen molar-refractivity contribution in [3.05, 3.63) is 204 Å². The Kier molecular flexibility index (Phi) is 8.71. The van der Waals surface area contributed by atoms with Crippen LogP contribution in [-0.4, -0.2) is 19.9 Å². The predicted molar refractivity (Wildman–Crippen MR) is 279 cm³/mol. The third kappa shape index (κ3) is 6.38. The molecular weight excluding hydrogens is 817 g/mol. The molecule has 0 unspecified atom stereocenters. The topological polar surface area (TPSA) is 64.7 Å². The molecule has 316 valence electrons. The molecule has 0 atom stereocenters. The summed E-state index contributed by atoms with van der Waals surface area (Å²) in [5, 5.41) is 12.9. The van der Waals surface area contributed by atoms with Crippen LogP contribution in [0.15, 0.2) is 186 Å². The van der Waals surface area contributed by atoms with Crippen molar-refractivity contribution in [1.82, 2.24) is 19.9 Å². The molecule has 0 aliphatic rings. The summed E-state index contributed by atoms with van der Waals surface area (Å²) in [5.41, 5.74) is 14.2. The maximum atomic E-state index is 6.79. The Morgan fingerprint density at radius 3 is 1.36 bits per heavy atom. The minimum Gasteiger partial charge on any atom is -0.456 e. The molecule has 0 saturated carbocycles. The Hall–Kier alpha value is -8.54. The largest absolute Gasteiger partial charge is 0.456 e. The zero-order valence-corrected chi connectivity index (χ0v) is 37.5. The number of furan rings is 1. The molecule has 13 aromatic rings. The van der Waals surface area contributed by atoms with E-state index in [1.54, 1.807) is 0 Å². The molecule has 0 amide bonds. The van der Waals surface area contributed by atoms with E-state index < -0.39 is 0 Å². The lowest BCUT2D eigenvalue weighted by Gasteiger charge is -2.17. The molecule has 10 aromatic carbocycles. The molecule has 0 radical (unpaired) electrons. The lowest BCUT2D eigenvalue weighted by molar-refractivity contribution is 0.669. The second kappa shape index (κ2) is 15.0. The number of nitrogens with zero attached hydrogens (tertiary/aromatic N) is 4. The number of fused-ring (bicyclic) bond motifs is 12. The Bertz CT molecular complexity index is 4060. The normalized spacial score (nSPS) is 11.9. The van der Waals surface area contributed by atoms with Gasteiger partial charge in [0.15, 0.2) is 17.5 Å². The molecule has 3 aromatic heterocycles. The summed E-state index contributed by atoms with van der Waals surface area (Å²) < 4.78 is 6.79. The lowest BCUT2D eigenvalue weighted by Crippen LogP contribution is -2.01. The van der Waals surface area contributed by atoms with E-state index in [0.717, 1.165) is 105 Å². The Balaban J connectivity index is 1.05. The fourth-order valence-electron chi connectivity index (χ4n) is 10.6. The summed E-state index contributed by atoms with van der Waals surface area (Å²) >= 11 is 0. The summed E-state index contributed by atoms with van der Waals surface area (Å²) in [6.07, 6.45) is 0. The number of pyridine rings is 1. The van der Waals surface area contributed by atoms with Crippen molar-refractivity contribution >= 4 is 75.9 Å². The van der Waals surface area contributed by atoms with Crippen molar-refractivity contribution in [3.8, 4) is 56.5 Å². The molecule has 0 spiro atoms. The van der Waals surface area contributed by atoms with Crippen LogP contribution >= 0.6 is 0 Å². The van der Waals surface area contributed by atoms with Gasteiger partial charge in [-0.25, -0.2) is 19.9 Å². The minimum atomic E-state index is 0.615. The zero-order valence-electron chi connectivity index (χ0n) is 37.5. The first-order valence-corrected chi connectivity index (χ1v) is 22.9. The number of para-hydroxylation sites is 2. The van der Waals surface area contributed by atoms with E-state index in [4.69, 9.17) is 24.4 Å². The molecule has 0 bridgehead atoms. The number of benzene rings is 10. The SMILES string of the molecule is Cc1cc(C)cc(-c2nc(-c3ccc(-c4nc5ccccc5c5c(-c6ccc7c8ccccc8c8ccccc8c7c6)c6c(cc45)oc4ccccc46)cc3)nc(-c3cc(C)cc(C)c3)n2)c1. The van der Waals surface area contributed by atoms with Gasteiger partial charge < -0.3 is 4.42 Å². The van der Waals surface area contributed by atoms with Crippen LogP contribution in [0.4, 0.5) is 0 Å². The predicted octanol–water partition coefficient (Wildman–Crippen LogP) is 16.5. The molecule has 5 nitrogen and oxygen atoms in total. The highest BCUT2D eigenvalue weighted by Gasteiger charge is 2.23. The maximum Gasteiger partial charge on any atom is 0.164 e. The molecule has 5 heteroatoms. The van der Waals surface area contributed by atoms with Crippen LogP contribution in [0.25, 0.3) is 132 Å². The summed E-state index contributed by atoms with van der Waals surface area (Å²) in [5.74, 6) is 1.91. The highest BCUT2D eigenvalue weighted by atomic mass is 16.3. The van der Waals surface area contributed by atoms with Gasteiger partial charge in [-0.3, -0.25) is 0 Å². The van der Waals surface area contributed by atoms with Gasteiger partial charge in [0.2, 0.25) is 0 Å². The van der Waals surface area contributed by atoms with E-state index in [9.17, 15) is 0 Å². The van der Waals surface area contributed by atoms with Crippen molar-refractivity contribution in [3.63, 3.8) is 0 Å². The quantitative estimate of drug-likeness (QED) is 0.161. The van der Waals surface area contributed by atoms with E-state index in [1.165, 1.54) is 32.3 Å². The highest BCUT2D eigenvalue weighted by Crippen LogP contribution is 2.48. The third-order valence-electron chi connectivity index (χ3n) is 13.4. The zero-order chi connectivity index (χ0) is 44.9. The average Bonchev–Trinajstić information content (AvgIpc) is 3.73.